The summed E-state index contributed by atoms with van der Waals surface area (Å²) < 4.78 is 0. The number of hydrogen-bond donors (Lipinski definition) is 3. The Morgan fingerprint density at radius 3 is 2.75 bits per heavy atom. The lowest BCUT2D eigenvalue weighted by atomic mass is 9.84. The maximum atomic E-state index is 11.2. The SMILES string of the molecule is CCC(O)CNC1C2CCC(C2)C1C(=O)O. The van der Waals surface area contributed by atoms with Crippen LogP contribution in [0.4, 0.5) is 0 Å². The highest BCUT2D eigenvalue weighted by atomic mass is 16.4. The molecule has 2 rings (SSSR count). The van der Waals surface area contributed by atoms with E-state index in [1.54, 1.807) is 0 Å². The van der Waals surface area contributed by atoms with E-state index >= 15 is 0 Å². The van der Waals surface area contributed by atoms with E-state index in [4.69, 9.17) is 0 Å². The van der Waals surface area contributed by atoms with Crippen LogP contribution in [0.15, 0.2) is 0 Å². The number of aliphatic hydroxyl groups excluding tert-OH is 1. The zero-order valence-electron chi connectivity index (χ0n) is 9.72. The van der Waals surface area contributed by atoms with Crippen LogP contribution in [0, 0.1) is 17.8 Å². The molecule has 5 atom stereocenters. The molecule has 2 aliphatic carbocycles. The van der Waals surface area contributed by atoms with Crippen LogP contribution in [0.3, 0.4) is 0 Å². The predicted octanol–water partition coefficient (Wildman–Crippen LogP) is 0.846. The van der Waals surface area contributed by atoms with Gasteiger partial charge in [0.25, 0.3) is 0 Å². The first kappa shape index (κ1) is 11.9. The van der Waals surface area contributed by atoms with Crippen molar-refractivity contribution in [2.45, 2.75) is 44.8 Å². The molecule has 0 aromatic heterocycles. The summed E-state index contributed by atoms with van der Waals surface area (Å²) in [6.45, 7) is 2.45. The molecular weight excluding hydrogens is 206 g/mol. The fourth-order valence-corrected chi connectivity index (χ4v) is 3.36. The van der Waals surface area contributed by atoms with Gasteiger partial charge < -0.3 is 15.5 Å². The van der Waals surface area contributed by atoms with Crippen molar-refractivity contribution in [3.05, 3.63) is 0 Å². The lowest BCUT2D eigenvalue weighted by Crippen LogP contribution is -2.46. The smallest absolute Gasteiger partial charge is 0.308 e. The Morgan fingerprint density at radius 2 is 2.12 bits per heavy atom. The summed E-state index contributed by atoms with van der Waals surface area (Å²) in [6, 6.07) is 0.0810. The monoisotopic (exact) mass is 227 g/mol. The van der Waals surface area contributed by atoms with Crippen LogP contribution < -0.4 is 5.32 Å². The van der Waals surface area contributed by atoms with Gasteiger partial charge in [-0.05, 0) is 37.5 Å². The lowest BCUT2D eigenvalue weighted by molar-refractivity contribution is -0.144. The zero-order chi connectivity index (χ0) is 11.7. The Kier molecular flexibility index (Phi) is 3.50. The lowest BCUT2D eigenvalue weighted by Gasteiger charge is -2.29. The molecule has 4 nitrogen and oxygen atoms in total. The van der Waals surface area contributed by atoms with E-state index in [1.807, 2.05) is 6.92 Å². The maximum absolute atomic E-state index is 11.2. The van der Waals surface area contributed by atoms with Crippen LogP contribution in [0.25, 0.3) is 0 Å². The second-order valence-corrected chi connectivity index (χ2v) is 5.19. The van der Waals surface area contributed by atoms with Gasteiger partial charge in [-0.15, -0.1) is 0 Å². The topological polar surface area (TPSA) is 69.6 Å². The van der Waals surface area contributed by atoms with Crippen molar-refractivity contribution in [2.75, 3.05) is 6.54 Å². The third-order valence-electron chi connectivity index (χ3n) is 4.26. The molecule has 0 aliphatic heterocycles. The third-order valence-corrected chi connectivity index (χ3v) is 4.26. The van der Waals surface area contributed by atoms with Crippen LogP contribution in [0.5, 0.6) is 0 Å². The Labute approximate surface area is 96.0 Å². The summed E-state index contributed by atoms with van der Waals surface area (Å²) in [7, 11) is 0. The second kappa shape index (κ2) is 4.72. The van der Waals surface area contributed by atoms with E-state index in [0.717, 1.165) is 19.3 Å². The molecule has 2 bridgehead atoms. The van der Waals surface area contributed by atoms with Gasteiger partial charge in [0.05, 0.1) is 12.0 Å². The number of carboxylic acids is 1. The number of carboxylic acid groups (broad SMARTS) is 1. The summed E-state index contributed by atoms with van der Waals surface area (Å²) >= 11 is 0. The van der Waals surface area contributed by atoms with Crippen molar-refractivity contribution in [2.24, 2.45) is 17.8 Å². The van der Waals surface area contributed by atoms with Crippen molar-refractivity contribution >= 4 is 5.97 Å². The minimum atomic E-state index is -0.671. The van der Waals surface area contributed by atoms with Crippen molar-refractivity contribution in [3.8, 4) is 0 Å². The van der Waals surface area contributed by atoms with Crippen LogP contribution >= 0.6 is 0 Å². The minimum Gasteiger partial charge on any atom is -0.481 e. The van der Waals surface area contributed by atoms with Crippen LogP contribution in [0.2, 0.25) is 0 Å². The molecular formula is C12H21NO3. The number of aliphatic hydroxyl groups is 1. The van der Waals surface area contributed by atoms with Gasteiger partial charge in [0, 0.05) is 12.6 Å². The first-order valence-corrected chi connectivity index (χ1v) is 6.27. The Bertz CT molecular complexity index is 269. The van der Waals surface area contributed by atoms with Crippen molar-refractivity contribution in [1.29, 1.82) is 0 Å². The highest BCUT2D eigenvalue weighted by molar-refractivity contribution is 5.72. The van der Waals surface area contributed by atoms with E-state index in [2.05, 4.69) is 5.32 Å². The van der Waals surface area contributed by atoms with Gasteiger partial charge in [-0.3, -0.25) is 4.79 Å². The largest absolute Gasteiger partial charge is 0.481 e. The zero-order valence-corrected chi connectivity index (χ0v) is 9.72. The summed E-state index contributed by atoms with van der Waals surface area (Å²) in [5, 5.41) is 22.0. The van der Waals surface area contributed by atoms with Gasteiger partial charge in [0.15, 0.2) is 0 Å². The molecule has 5 unspecified atom stereocenters. The fraction of sp³-hybridized carbons (Fsp3) is 0.917. The normalized spacial score (nSPS) is 38.9. The van der Waals surface area contributed by atoms with Crippen LogP contribution in [-0.2, 0) is 4.79 Å². The van der Waals surface area contributed by atoms with Crippen molar-refractivity contribution < 1.29 is 15.0 Å². The molecule has 0 saturated heterocycles. The summed E-state index contributed by atoms with van der Waals surface area (Å²) in [5.41, 5.74) is 0. The molecule has 0 spiro atoms. The first-order valence-electron chi connectivity index (χ1n) is 6.27. The Balaban J connectivity index is 1.94. The minimum absolute atomic E-state index is 0.0810. The molecule has 2 aliphatic rings. The van der Waals surface area contributed by atoms with E-state index in [1.165, 1.54) is 0 Å². The highest BCUT2D eigenvalue weighted by Gasteiger charge is 2.50. The molecule has 2 saturated carbocycles. The Morgan fingerprint density at radius 1 is 1.44 bits per heavy atom. The first-order chi connectivity index (χ1) is 7.63. The van der Waals surface area contributed by atoms with Crippen molar-refractivity contribution in [1.82, 2.24) is 5.32 Å². The molecule has 0 radical (unpaired) electrons. The average Bonchev–Trinajstić information content (AvgIpc) is 2.84. The number of fused-ring (bicyclic) bond motifs is 2. The fourth-order valence-electron chi connectivity index (χ4n) is 3.36. The Hall–Kier alpha value is -0.610. The molecule has 3 N–H and O–H groups in total. The average molecular weight is 227 g/mol. The summed E-state index contributed by atoms with van der Waals surface area (Å²) in [5.74, 6) is -0.0348. The van der Waals surface area contributed by atoms with Gasteiger partial charge in [-0.2, -0.15) is 0 Å². The number of hydrogen-bond acceptors (Lipinski definition) is 3. The number of nitrogens with one attached hydrogen (secondary N) is 1. The van der Waals surface area contributed by atoms with E-state index in [0.29, 0.717) is 24.8 Å². The number of aliphatic carboxylic acids is 1. The van der Waals surface area contributed by atoms with E-state index < -0.39 is 5.97 Å². The standard InChI is InChI=1S/C12H21NO3/c1-2-9(14)6-13-11-8-4-3-7(5-8)10(11)12(15)16/h7-11,13-14H,2-6H2,1H3,(H,15,16). The molecule has 4 heteroatoms. The quantitative estimate of drug-likeness (QED) is 0.651. The van der Waals surface area contributed by atoms with E-state index in [-0.39, 0.29) is 18.1 Å². The summed E-state index contributed by atoms with van der Waals surface area (Å²) in [4.78, 5) is 11.2. The number of rotatable bonds is 5. The molecule has 0 aromatic rings. The molecule has 92 valence electrons. The van der Waals surface area contributed by atoms with Crippen molar-refractivity contribution in [3.63, 3.8) is 0 Å². The number of carbonyl (C=O) groups is 1. The predicted molar refractivity (Wildman–Crippen MR) is 60.0 cm³/mol. The summed E-state index contributed by atoms with van der Waals surface area (Å²) in [6.07, 6.45) is 3.63. The van der Waals surface area contributed by atoms with Gasteiger partial charge in [0.2, 0.25) is 0 Å². The van der Waals surface area contributed by atoms with E-state index in [9.17, 15) is 15.0 Å². The van der Waals surface area contributed by atoms with Crippen LogP contribution in [0.1, 0.15) is 32.6 Å². The second-order valence-electron chi connectivity index (χ2n) is 5.19. The van der Waals surface area contributed by atoms with Gasteiger partial charge in [0.1, 0.15) is 0 Å². The molecule has 0 aromatic carbocycles. The van der Waals surface area contributed by atoms with Crippen LogP contribution in [-0.4, -0.2) is 34.9 Å². The van der Waals surface area contributed by atoms with Gasteiger partial charge in [-0.1, -0.05) is 6.92 Å². The third kappa shape index (κ3) is 2.09. The molecule has 16 heavy (non-hydrogen) atoms. The molecule has 0 heterocycles. The molecule has 0 amide bonds. The highest BCUT2D eigenvalue weighted by Crippen LogP contribution is 2.48. The maximum Gasteiger partial charge on any atom is 0.308 e. The van der Waals surface area contributed by atoms with Gasteiger partial charge >= 0.3 is 5.97 Å². The van der Waals surface area contributed by atoms with Gasteiger partial charge in [-0.25, -0.2) is 0 Å². The molecule has 2 fully saturated rings.